The summed E-state index contributed by atoms with van der Waals surface area (Å²) in [6.45, 7) is 1.65. The van der Waals surface area contributed by atoms with E-state index in [0.717, 1.165) is 38.9 Å². The van der Waals surface area contributed by atoms with Crippen molar-refractivity contribution >= 4 is 5.97 Å². The average molecular weight is 198 g/mol. The lowest BCUT2D eigenvalue weighted by molar-refractivity contribution is -0.145. The van der Waals surface area contributed by atoms with Crippen molar-refractivity contribution < 1.29 is 14.6 Å². The first-order valence-electron chi connectivity index (χ1n) is 5.52. The second kappa shape index (κ2) is 3.89. The van der Waals surface area contributed by atoms with Gasteiger partial charge in [-0.15, -0.1) is 0 Å². The minimum absolute atomic E-state index is 0.0895. The number of ether oxygens (including phenoxy) is 1. The van der Waals surface area contributed by atoms with E-state index >= 15 is 0 Å². The van der Waals surface area contributed by atoms with Crippen molar-refractivity contribution in [1.29, 1.82) is 0 Å². The molecule has 0 spiro atoms. The highest BCUT2D eigenvalue weighted by Gasteiger charge is 2.45. The van der Waals surface area contributed by atoms with E-state index in [1.807, 2.05) is 0 Å². The van der Waals surface area contributed by atoms with Crippen LogP contribution in [0.25, 0.3) is 0 Å². The fourth-order valence-corrected chi connectivity index (χ4v) is 2.89. The zero-order chi connectivity index (χ0) is 10.0. The maximum absolute atomic E-state index is 10.8. The van der Waals surface area contributed by atoms with Gasteiger partial charge in [-0.25, -0.2) is 0 Å². The van der Waals surface area contributed by atoms with Gasteiger partial charge < -0.3 is 9.84 Å². The van der Waals surface area contributed by atoms with Gasteiger partial charge in [0.25, 0.3) is 0 Å². The standard InChI is InChI=1S/C11H18O3/c12-10(13)7-11(4-2-5-11)9-3-1-6-14-8-9/h9H,1-8H2,(H,12,13). The third-order valence-corrected chi connectivity index (χ3v) is 3.88. The van der Waals surface area contributed by atoms with E-state index in [9.17, 15) is 4.79 Å². The molecule has 0 aromatic rings. The van der Waals surface area contributed by atoms with E-state index in [0.29, 0.717) is 12.3 Å². The van der Waals surface area contributed by atoms with Gasteiger partial charge in [-0.2, -0.15) is 0 Å². The van der Waals surface area contributed by atoms with E-state index in [2.05, 4.69) is 0 Å². The van der Waals surface area contributed by atoms with Crippen molar-refractivity contribution in [2.45, 2.75) is 38.5 Å². The number of carboxylic acid groups (broad SMARTS) is 1. The second-order valence-electron chi connectivity index (χ2n) is 4.70. The van der Waals surface area contributed by atoms with Crippen molar-refractivity contribution in [2.75, 3.05) is 13.2 Å². The molecule has 1 saturated heterocycles. The molecule has 2 rings (SSSR count). The molecule has 3 heteroatoms. The summed E-state index contributed by atoms with van der Waals surface area (Å²) < 4.78 is 5.45. The lowest BCUT2D eigenvalue weighted by Crippen LogP contribution is -2.43. The van der Waals surface area contributed by atoms with E-state index < -0.39 is 5.97 Å². The molecule has 3 nitrogen and oxygen atoms in total. The molecule has 14 heavy (non-hydrogen) atoms. The van der Waals surface area contributed by atoms with E-state index in [1.165, 1.54) is 6.42 Å². The summed E-state index contributed by atoms with van der Waals surface area (Å²) >= 11 is 0. The van der Waals surface area contributed by atoms with Crippen molar-refractivity contribution in [3.8, 4) is 0 Å². The molecule has 1 atom stereocenters. The Kier molecular flexibility index (Phi) is 2.77. The van der Waals surface area contributed by atoms with Crippen molar-refractivity contribution in [3.63, 3.8) is 0 Å². The highest BCUT2D eigenvalue weighted by molar-refractivity contribution is 5.68. The number of rotatable bonds is 3. The van der Waals surface area contributed by atoms with Gasteiger partial charge in [0.2, 0.25) is 0 Å². The summed E-state index contributed by atoms with van der Waals surface area (Å²) in [4.78, 5) is 10.8. The smallest absolute Gasteiger partial charge is 0.303 e. The molecule has 1 aliphatic carbocycles. The van der Waals surface area contributed by atoms with Crippen LogP contribution in [0.4, 0.5) is 0 Å². The topological polar surface area (TPSA) is 46.5 Å². The van der Waals surface area contributed by atoms with Crippen molar-refractivity contribution in [1.82, 2.24) is 0 Å². The molecule has 0 bridgehead atoms. The average Bonchev–Trinajstić information content (AvgIpc) is 2.12. The summed E-state index contributed by atoms with van der Waals surface area (Å²) in [5.74, 6) is -0.142. The van der Waals surface area contributed by atoms with Crippen LogP contribution in [0, 0.1) is 11.3 Å². The lowest BCUT2D eigenvalue weighted by atomic mass is 9.58. The number of carboxylic acids is 1. The summed E-state index contributed by atoms with van der Waals surface area (Å²) in [5, 5.41) is 8.90. The number of aliphatic carboxylic acids is 1. The maximum Gasteiger partial charge on any atom is 0.303 e. The molecule has 1 unspecified atom stereocenters. The normalized spacial score (nSPS) is 30.7. The second-order valence-corrected chi connectivity index (χ2v) is 4.70. The quantitative estimate of drug-likeness (QED) is 0.755. The Balaban J connectivity index is 1.99. The Morgan fingerprint density at radius 1 is 1.43 bits per heavy atom. The van der Waals surface area contributed by atoms with Crippen LogP contribution < -0.4 is 0 Å². The molecule has 2 fully saturated rings. The SMILES string of the molecule is O=C(O)CC1(C2CCCOC2)CCC1. The van der Waals surface area contributed by atoms with Crippen LogP contribution in [-0.2, 0) is 9.53 Å². The van der Waals surface area contributed by atoms with E-state index in [4.69, 9.17) is 9.84 Å². The van der Waals surface area contributed by atoms with Gasteiger partial charge in [-0.3, -0.25) is 4.79 Å². The first kappa shape index (κ1) is 9.97. The fourth-order valence-electron chi connectivity index (χ4n) is 2.89. The lowest BCUT2D eigenvalue weighted by Gasteiger charge is -2.48. The number of hydrogen-bond donors (Lipinski definition) is 1. The zero-order valence-corrected chi connectivity index (χ0v) is 8.50. The highest BCUT2D eigenvalue weighted by Crippen LogP contribution is 2.52. The van der Waals surface area contributed by atoms with Gasteiger partial charge in [0.05, 0.1) is 6.42 Å². The molecule has 0 aromatic heterocycles. The molecule has 80 valence electrons. The van der Waals surface area contributed by atoms with Crippen LogP contribution in [0.5, 0.6) is 0 Å². The van der Waals surface area contributed by atoms with Gasteiger partial charge in [0, 0.05) is 13.2 Å². The third-order valence-electron chi connectivity index (χ3n) is 3.88. The Labute approximate surface area is 84.4 Å². The maximum atomic E-state index is 10.8. The van der Waals surface area contributed by atoms with Gasteiger partial charge in [-0.1, -0.05) is 6.42 Å². The first-order chi connectivity index (χ1) is 6.73. The van der Waals surface area contributed by atoms with E-state index in [-0.39, 0.29) is 5.41 Å². The fraction of sp³-hybridized carbons (Fsp3) is 0.909. The van der Waals surface area contributed by atoms with Crippen LogP contribution in [0.15, 0.2) is 0 Å². The highest BCUT2D eigenvalue weighted by atomic mass is 16.5. The molecule has 0 aromatic carbocycles. The van der Waals surface area contributed by atoms with Crippen molar-refractivity contribution in [3.05, 3.63) is 0 Å². The van der Waals surface area contributed by atoms with Crippen LogP contribution >= 0.6 is 0 Å². The summed E-state index contributed by atoms with van der Waals surface area (Å²) in [6.07, 6.45) is 5.99. The van der Waals surface area contributed by atoms with Gasteiger partial charge in [0.1, 0.15) is 0 Å². The minimum atomic E-state index is -0.643. The third kappa shape index (κ3) is 1.78. The molecular formula is C11H18O3. The molecule has 2 aliphatic rings. The zero-order valence-electron chi connectivity index (χ0n) is 8.50. The first-order valence-corrected chi connectivity index (χ1v) is 5.52. The molecule has 0 amide bonds. The predicted molar refractivity (Wildman–Crippen MR) is 52.1 cm³/mol. The molecule has 1 saturated carbocycles. The minimum Gasteiger partial charge on any atom is -0.481 e. The van der Waals surface area contributed by atoms with E-state index in [1.54, 1.807) is 0 Å². The van der Waals surface area contributed by atoms with Crippen LogP contribution in [0.2, 0.25) is 0 Å². The Morgan fingerprint density at radius 2 is 2.21 bits per heavy atom. The monoisotopic (exact) mass is 198 g/mol. The van der Waals surface area contributed by atoms with Gasteiger partial charge in [-0.05, 0) is 37.0 Å². The van der Waals surface area contributed by atoms with Gasteiger partial charge in [0.15, 0.2) is 0 Å². The summed E-state index contributed by atoms with van der Waals surface area (Å²) in [7, 11) is 0. The predicted octanol–water partition coefficient (Wildman–Crippen LogP) is 2.06. The molecule has 1 heterocycles. The number of carbonyl (C=O) groups is 1. The van der Waals surface area contributed by atoms with Crippen LogP contribution in [0.3, 0.4) is 0 Å². The molecule has 1 N–H and O–H groups in total. The molecule has 1 aliphatic heterocycles. The molecule has 0 radical (unpaired) electrons. The van der Waals surface area contributed by atoms with Crippen molar-refractivity contribution in [2.24, 2.45) is 11.3 Å². The molecular weight excluding hydrogens is 180 g/mol. The number of hydrogen-bond acceptors (Lipinski definition) is 2. The summed E-state index contributed by atoms with van der Waals surface area (Å²) in [6, 6.07) is 0. The Morgan fingerprint density at radius 3 is 2.64 bits per heavy atom. The Bertz CT molecular complexity index is 215. The van der Waals surface area contributed by atoms with Crippen LogP contribution in [0.1, 0.15) is 38.5 Å². The Hall–Kier alpha value is -0.570. The van der Waals surface area contributed by atoms with Gasteiger partial charge >= 0.3 is 5.97 Å². The van der Waals surface area contributed by atoms with Crippen LogP contribution in [-0.4, -0.2) is 24.3 Å². The summed E-state index contributed by atoms with van der Waals surface area (Å²) in [5.41, 5.74) is 0.0895. The largest absolute Gasteiger partial charge is 0.481 e.